The third kappa shape index (κ3) is 4.78. The van der Waals surface area contributed by atoms with Gasteiger partial charge in [0.2, 0.25) is 5.91 Å². The number of halogens is 1. The van der Waals surface area contributed by atoms with Gasteiger partial charge in [0.05, 0.1) is 22.9 Å². The van der Waals surface area contributed by atoms with E-state index >= 15 is 0 Å². The molecule has 7 nitrogen and oxygen atoms in total. The minimum absolute atomic E-state index is 0.0235. The number of amides is 1. The van der Waals surface area contributed by atoms with Crippen LogP contribution in [-0.4, -0.2) is 63.3 Å². The molecule has 1 aromatic heterocycles. The van der Waals surface area contributed by atoms with E-state index in [0.29, 0.717) is 16.6 Å². The summed E-state index contributed by atoms with van der Waals surface area (Å²) in [6, 6.07) is 7.29. The van der Waals surface area contributed by atoms with E-state index in [9.17, 15) is 13.2 Å². The number of rotatable bonds is 6. The summed E-state index contributed by atoms with van der Waals surface area (Å²) in [7, 11) is -3.05. The Morgan fingerprint density at radius 3 is 2.72 bits per heavy atom. The summed E-state index contributed by atoms with van der Waals surface area (Å²) >= 11 is 7.39. The SMILES string of the molecule is O=C(CSc1nncn1-c1cccc(Cl)c1)N(C1CCCC1)C1CCS(=O)(=O)C1. The van der Waals surface area contributed by atoms with Crippen molar-refractivity contribution >= 4 is 39.1 Å². The maximum atomic E-state index is 13.2. The first-order valence-electron chi connectivity index (χ1n) is 9.73. The van der Waals surface area contributed by atoms with E-state index in [4.69, 9.17) is 11.6 Å². The van der Waals surface area contributed by atoms with Gasteiger partial charge in [-0.3, -0.25) is 9.36 Å². The van der Waals surface area contributed by atoms with E-state index in [1.165, 1.54) is 11.8 Å². The zero-order valence-corrected chi connectivity index (χ0v) is 18.3. The lowest BCUT2D eigenvalue weighted by molar-refractivity contribution is -0.132. The van der Waals surface area contributed by atoms with Crippen molar-refractivity contribution in [2.45, 2.75) is 49.3 Å². The van der Waals surface area contributed by atoms with Gasteiger partial charge in [-0.2, -0.15) is 0 Å². The monoisotopic (exact) mass is 454 g/mol. The Kier molecular flexibility index (Phi) is 6.17. The second-order valence-electron chi connectivity index (χ2n) is 7.55. The average molecular weight is 455 g/mol. The van der Waals surface area contributed by atoms with Gasteiger partial charge in [0.15, 0.2) is 15.0 Å². The van der Waals surface area contributed by atoms with Gasteiger partial charge in [-0.05, 0) is 37.5 Å². The maximum Gasteiger partial charge on any atom is 0.233 e. The van der Waals surface area contributed by atoms with Crippen LogP contribution in [0.2, 0.25) is 5.02 Å². The molecule has 156 valence electrons. The number of hydrogen-bond donors (Lipinski definition) is 0. The first-order valence-corrected chi connectivity index (χ1v) is 12.9. The van der Waals surface area contributed by atoms with E-state index < -0.39 is 9.84 Å². The van der Waals surface area contributed by atoms with Gasteiger partial charge in [-0.25, -0.2) is 8.42 Å². The fraction of sp³-hybridized carbons (Fsp3) is 0.526. The topological polar surface area (TPSA) is 85.2 Å². The van der Waals surface area contributed by atoms with Gasteiger partial charge in [-0.15, -0.1) is 10.2 Å². The van der Waals surface area contributed by atoms with Gasteiger partial charge in [0.25, 0.3) is 0 Å². The molecule has 0 bridgehead atoms. The van der Waals surface area contributed by atoms with Crippen LogP contribution in [0, 0.1) is 0 Å². The molecule has 2 fully saturated rings. The first kappa shape index (κ1) is 20.7. The summed E-state index contributed by atoms with van der Waals surface area (Å²) in [4.78, 5) is 15.0. The molecule has 1 saturated heterocycles. The molecule has 1 atom stereocenters. The summed E-state index contributed by atoms with van der Waals surface area (Å²) in [5.41, 5.74) is 0.826. The molecule has 1 amide bonds. The van der Waals surface area contributed by atoms with Crippen LogP contribution in [0.5, 0.6) is 0 Å². The molecule has 2 aromatic rings. The number of thioether (sulfide) groups is 1. The maximum absolute atomic E-state index is 13.2. The fourth-order valence-electron chi connectivity index (χ4n) is 4.21. The van der Waals surface area contributed by atoms with E-state index in [2.05, 4.69) is 10.2 Å². The average Bonchev–Trinajstić information content (AvgIpc) is 3.42. The molecule has 1 aliphatic heterocycles. The smallest absolute Gasteiger partial charge is 0.233 e. The molecule has 0 radical (unpaired) electrons. The zero-order chi connectivity index (χ0) is 20.4. The number of benzene rings is 1. The van der Waals surface area contributed by atoms with Gasteiger partial charge in [0.1, 0.15) is 6.33 Å². The van der Waals surface area contributed by atoms with Crippen LogP contribution in [0.25, 0.3) is 5.69 Å². The van der Waals surface area contributed by atoms with E-state index in [1.807, 2.05) is 23.1 Å². The number of carbonyl (C=O) groups excluding carboxylic acids is 1. The van der Waals surface area contributed by atoms with Crippen molar-refractivity contribution in [3.8, 4) is 5.69 Å². The van der Waals surface area contributed by atoms with Crippen LogP contribution in [0.1, 0.15) is 32.1 Å². The summed E-state index contributed by atoms with van der Waals surface area (Å²) in [5.74, 6) is 0.430. The van der Waals surface area contributed by atoms with Gasteiger partial charge >= 0.3 is 0 Å². The highest BCUT2D eigenvalue weighted by Gasteiger charge is 2.38. The fourth-order valence-corrected chi connectivity index (χ4v) is 6.90. The minimum atomic E-state index is -3.05. The Bertz CT molecular complexity index is 989. The number of aromatic nitrogens is 3. The highest BCUT2D eigenvalue weighted by Crippen LogP contribution is 2.30. The van der Waals surface area contributed by atoms with Crippen molar-refractivity contribution in [1.82, 2.24) is 19.7 Å². The predicted octanol–water partition coefficient (Wildman–Crippen LogP) is 2.97. The van der Waals surface area contributed by atoms with Crippen molar-refractivity contribution in [1.29, 1.82) is 0 Å². The molecule has 4 rings (SSSR count). The summed E-state index contributed by atoms with van der Waals surface area (Å²) < 4.78 is 25.8. The van der Waals surface area contributed by atoms with Gasteiger partial charge < -0.3 is 4.90 Å². The largest absolute Gasteiger partial charge is 0.335 e. The third-order valence-electron chi connectivity index (χ3n) is 5.54. The molecule has 10 heteroatoms. The normalized spacial score (nSPS) is 21.5. The zero-order valence-electron chi connectivity index (χ0n) is 15.9. The van der Waals surface area contributed by atoms with Crippen molar-refractivity contribution in [3.63, 3.8) is 0 Å². The van der Waals surface area contributed by atoms with Crippen molar-refractivity contribution < 1.29 is 13.2 Å². The second kappa shape index (κ2) is 8.65. The van der Waals surface area contributed by atoms with Gasteiger partial charge in [0, 0.05) is 17.1 Å². The Hall–Kier alpha value is -1.58. The van der Waals surface area contributed by atoms with Crippen molar-refractivity contribution in [2.75, 3.05) is 17.3 Å². The standard InChI is InChI=1S/C19H23ClN4O3S2/c20-14-4-3-7-16(10-14)23-13-21-22-19(23)28-11-18(25)24(15-5-1-2-6-15)17-8-9-29(26,27)12-17/h3-4,7,10,13,15,17H,1-2,5-6,8-9,11-12H2. The predicted molar refractivity (Wildman–Crippen MR) is 113 cm³/mol. The van der Waals surface area contributed by atoms with Crippen LogP contribution >= 0.6 is 23.4 Å². The molecule has 0 N–H and O–H groups in total. The second-order valence-corrected chi connectivity index (χ2v) is 11.2. The Labute approximate surface area is 179 Å². The van der Waals surface area contributed by atoms with E-state index in [-0.39, 0.29) is 35.2 Å². The quantitative estimate of drug-likeness (QED) is 0.624. The molecule has 1 aromatic carbocycles. The molecule has 1 saturated carbocycles. The molecule has 1 unspecified atom stereocenters. The molecule has 2 aliphatic rings. The Morgan fingerprint density at radius 2 is 2.03 bits per heavy atom. The van der Waals surface area contributed by atoms with Crippen LogP contribution in [-0.2, 0) is 14.6 Å². The van der Waals surface area contributed by atoms with Crippen LogP contribution in [0.4, 0.5) is 0 Å². The van der Waals surface area contributed by atoms with E-state index in [0.717, 1.165) is 31.4 Å². The van der Waals surface area contributed by atoms with Crippen LogP contribution < -0.4 is 0 Å². The lowest BCUT2D eigenvalue weighted by Gasteiger charge is -2.34. The number of hydrogen-bond acceptors (Lipinski definition) is 6. The molecular weight excluding hydrogens is 432 g/mol. The summed E-state index contributed by atoms with van der Waals surface area (Å²) in [5, 5.41) is 9.32. The number of carbonyl (C=O) groups is 1. The van der Waals surface area contributed by atoms with Crippen LogP contribution in [0.3, 0.4) is 0 Å². The molecule has 1 aliphatic carbocycles. The van der Waals surface area contributed by atoms with Crippen molar-refractivity contribution in [2.24, 2.45) is 0 Å². The van der Waals surface area contributed by atoms with Gasteiger partial charge in [-0.1, -0.05) is 42.3 Å². The van der Waals surface area contributed by atoms with Crippen LogP contribution in [0.15, 0.2) is 35.7 Å². The number of sulfone groups is 1. The molecular formula is C19H23ClN4O3S2. The summed E-state index contributed by atoms with van der Waals surface area (Å²) in [6.45, 7) is 0. The number of nitrogens with zero attached hydrogens (tertiary/aromatic N) is 4. The first-order chi connectivity index (χ1) is 13.9. The lowest BCUT2D eigenvalue weighted by atomic mass is 10.1. The lowest BCUT2D eigenvalue weighted by Crippen LogP contribution is -2.47. The van der Waals surface area contributed by atoms with E-state index in [1.54, 1.807) is 17.0 Å². The molecule has 0 spiro atoms. The molecule has 2 heterocycles. The minimum Gasteiger partial charge on any atom is -0.335 e. The highest BCUT2D eigenvalue weighted by molar-refractivity contribution is 7.99. The third-order valence-corrected chi connectivity index (χ3v) is 8.45. The Morgan fingerprint density at radius 1 is 1.24 bits per heavy atom. The van der Waals surface area contributed by atoms with Crippen molar-refractivity contribution in [3.05, 3.63) is 35.6 Å². The summed E-state index contributed by atoms with van der Waals surface area (Å²) in [6.07, 6.45) is 6.20. The Balaban J connectivity index is 1.48. The highest BCUT2D eigenvalue weighted by atomic mass is 35.5. The molecule has 29 heavy (non-hydrogen) atoms.